The second-order valence-electron chi connectivity index (χ2n) is 4.76. The second kappa shape index (κ2) is 6.76. The molecule has 0 unspecified atom stereocenters. The molecule has 0 saturated carbocycles. The normalized spacial score (nSPS) is 18.4. The van der Waals surface area contributed by atoms with Gasteiger partial charge in [-0.3, -0.25) is 0 Å². The van der Waals surface area contributed by atoms with Crippen LogP contribution in [0.3, 0.4) is 0 Å². The zero-order valence-electron chi connectivity index (χ0n) is 11.2. The Morgan fingerprint density at radius 1 is 1.33 bits per heavy atom. The molecule has 0 aromatic heterocycles. The maximum absolute atomic E-state index is 6.13. The van der Waals surface area contributed by atoms with Crippen molar-refractivity contribution in [2.45, 2.75) is 38.6 Å². The number of ether oxygens (including phenoxy) is 2. The predicted molar refractivity (Wildman–Crippen MR) is 72.9 cm³/mol. The molecule has 100 valence electrons. The van der Waals surface area contributed by atoms with Gasteiger partial charge in [0.2, 0.25) is 0 Å². The highest BCUT2D eigenvalue weighted by atomic mass is 16.5. The van der Waals surface area contributed by atoms with Crippen LogP contribution in [-0.4, -0.2) is 19.8 Å². The molecule has 3 nitrogen and oxygen atoms in total. The predicted octanol–water partition coefficient (Wildman–Crippen LogP) is 2.83. The zero-order valence-corrected chi connectivity index (χ0v) is 11.2. The number of rotatable bonds is 6. The first-order chi connectivity index (χ1) is 8.81. The molecule has 0 fully saturated rings. The van der Waals surface area contributed by atoms with E-state index in [9.17, 15) is 0 Å². The van der Waals surface area contributed by atoms with E-state index in [1.807, 2.05) is 6.92 Å². The third kappa shape index (κ3) is 3.47. The molecule has 0 radical (unpaired) electrons. The van der Waals surface area contributed by atoms with Crippen LogP contribution in [0.25, 0.3) is 0 Å². The molecule has 0 aliphatic heterocycles. The first-order valence-corrected chi connectivity index (χ1v) is 6.90. The lowest BCUT2D eigenvalue weighted by molar-refractivity contribution is 0.131. The van der Waals surface area contributed by atoms with E-state index in [4.69, 9.17) is 15.2 Å². The van der Waals surface area contributed by atoms with Gasteiger partial charge in [0.05, 0.1) is 6.61 Å². The van der Waals surface area contributed by atoms with Crippen molar-refractivity contribution in [3.05, 3.63) is 29.3 Å². The minimum atomic E-state index is 0.181. The van der Waals surface area contributed by atoms with E-state index in [2.05, 4.69) is 18.2 Å². The van der Waals surface area contributed by atoms with Gasteiger partial charge in [-0.1, -0.05) is 6.07 Å². The van der Waals surface area contributed by atoms with E-state index < -0.39 is 0 Å². The first kappa shape index (κ1) is 13.4. The van der Waals surface area contributed by atoms with Crippen molar-refractivity contribution < 1.29 is 9.47 Å². The Morgan fingerprint density at radius 2 is 2.22 bits per heavy atom. The van der Waals surface area contributed by atoms with Gasteiger partial charge in [0.15, 0.2) is 0 Å². The van der Waals surface area contributed by atoms with Gasteiger partial charge in [0.25, 0.3) is 0 Å². The summed E-state index contributed by atoms with van der Waals surface area (Å²) in [6, 6.07) is 6.50. The van der Waals surface area contributed by atoms with Crippen LogP contribution in [0.5, 0.6) is 5.75 Å². The molecule has 0 spiro atoms. The Labute approximate surface area is 109 Å². The summed E-state index contributed by atoms with van der Waals surface area (Å²) >= 11 is 0. The van der Waals surface area contributed by atoms with Gasteiger partial charge in [-0.05, 0) is 49.4 Å². The van der Waals surface area contributed by atoms with Crippen molar-refractivity contribution in [3.63, 3.8) is 0 Å². The highest BCUT2D eigenvalue weighted by Gasteiger charge is 2.17. The maximum Gasteiger partial charge on any atom is 0.119 e. The number of hydrogen-bond acceptors (Lipinski definition) is 3. The molecule has 0 heterocycles. The lowest BCUT2D eigenvalue weighted by Gasteiger charge is -2.22. The van der Waals surface area contributed by atoms with Gasteiger partial charge in [0.1, 0.15) is 5.75 Å². The molecule has 0 amide bonds. The lowest BCUT2D eigenvalue weighted by Crippen LogP contribution is -2.17. The average molecular weight is 249 g/mol. The van der Waals surface area contributed by atoms with Crippen molar-refractivity contribution in [2.75, 3.05) is 19.8 Å². The molecular formula is C15H23NO2. The van der Waals surface area contributed by atoms with Crippen molar-refractivity contribution in [1.82, 2.24) is 0 Å². The van der Waals surface area contributed by atoms with Crippen LogP contribution < -0.4 is 10.5 Å². The molecule has 2 rings (SSSR count). The summed E-state index contributed by atoms with van der Waals surface area (Å²) in [5.41, 5.74) is 8.79. The number of hydrogen-bond donors (Lipinski definition) is 1. The summed E-state index contributed by atoms with van der Waals surface area (Å²) in [6.45, 7) is 4.24. The molecule has 1 aliphatic carbocycles. The average Bonchev–Trinajstić information content (AvgIpc) is 2.39. The summed E-state index contributed by atoms with van der Waals surface area (Å²) in [4.78, 5) is 0. The Balaban J connectivity index is 1.88. The summed E-state index contributed by atoms with van der Waals surface area (Å²) in [5, 5.41) is 0. The smallest absolute Gasteiger partial charge is 0.119 e. The summed E-state index contributed by atoms with van der Waals surface area (Å²) in [6.07, 6.45) is 4.36. The van der Waals surface area contributed by atoms with Gasteiger partial charge in [-0.2, -0.15) is 0 Å². The van der Waals surface area contributed by atoms with Crippen LogP contribution in [0.4, 0.5) is 0 Å². The second-order valence-corrected chi connectivity index (χ2v) is 4.76. The minimum absolute atomic E-state index is 0.181. The Kier molecular flexibility index (Phi) is 5.02. The largest absolute Gasteiger partial charge is 0.493 e. The molecule has 2 N–H and O–H groups in total. The van der Waals surface area contributed by atoms with Crippen LogP contribution in [-0.2, 0) is 11.2 Å². The van der Waals surface area contributed by atoms with Gasteiger partial charge < -0.3 is 15.2 Å². The SMILES string of the molecule is CCOCCCOc1ccc2c(c1)[C@H](N)CCC2. The number of fused-ring (bicyclic) bond motifs is 1. The molecule has 1 aliphatic rings. The van der Waals surface area contributed by atoms with Crippen LogP contribution >= 0.6 is 0 Å². The summed E-state index contributed by atoms with van der Waals surface area (Å²) < 4.78 is 11.0. The lowest BCUT2D eigenvalue weighted by atomic mass is 9.88. The number of aryl methyl sites for hydroxylation is 1. The fourth-order valence-electron chi connectivity index (χ4n) is 2.40. The molecule has 1 aromatic rings. The fraction of sp³-hybridized carbons (Fsp3) is 0.600. The van der Waals surface area contributed by atoms with Crippen molar-refractivity contribution in [2.24, 2.45) is 5.73 Å². The maximum atomic E-state index is 6.13. The molecule has 1 atom stereocenters. The Bertz CT molecular complexity index is 379. The molecule has 1 aromatic carbocycles. The Hall–Kier alpha value is -1.06. The molecule has 0 saturated heterocycles. The minimum Gasteiger partial charge on any atom is -0.493 e. The zero-order chi connectivity index (χ0) is 12.8. The third-order valence-corrected chi connectivity index (χ3v) is 3.38. The fourth-order valence-corrected chi connectivity index (χ4v) is 2.40. The Morgan fingerprint density at radius 3 is 3.06 bits per heavy atom. The molecule has 0 bridgehead atoms. The van der Waals surface area contributed by atoms with E-state index in [1.54, 1.807) is 0 Å². The highest BCUT2D eigenvalue weighted by molar-refractivity contribution is 5.39. The van der Waals surface area contributed by atoms with Crippen LogP contribution in [0.15, 0.2) is 18.2 Å². The van der Waals surface area contributed by atoms with Gasteiger partial charge in [0, 0.05) is 25.7 Å². The number of nitrogens with two attached hydrogens (primary N) is 1. The highest BCUT2D eigenvalue weighted by Crippen LogP contribution is 2.30. The summed E-state index contributed by atoms with van der Waals surface area (Å²) in [7, 11) is 0. The topological polar surface area (TPSA) is 44.5 Å². The van der Waals surface area contributed by atoms with Gasteiger partial charge in [-0.25, -0.2) is 0 Å². The van der Waals surface area contributed by atoms with Crippen molar-refractivity contribution in [1.29, 1.82) is 0 Å². The van der Waals surface area contributed by atoms with Crippen molar-refractivity contribution >= 4 is 0 Å². The quantitative estimate of drug-likeness (QED) is 0.788. The molecule has 18 heavy (non-hydrogen) atoms. The van der Waals surface area contributed by atoms with Crippen LogP contribution in [0.2, 0.25) is 0 Å². The van der Waals surface area contributed by atoms with Gasteiger partial charge >= 0.3 is 0 Å². The standard InChI is InChI=1S/C15H23NO2/c1-2-17-9-4-10-18-13-8-7-12-5-3-6-15(16)14(12)11-13/h7-8,11,15H,2-6,9-10,16H2,1H3/t15-/m1/s1. The third-order valence-electron chi connectivity index (χ3n) is 3.38. The number of benzene rings is 1. The monoisotopic (exact) mass is 249 g/mol. The van der Waals surface area contributed by atoms with E-state index in [-0.39, 0.29) is 6.04 Å². The summed E-state index contributed by atoms with van der Waals surface area (Å²) in [5.74, 6) is 0.933. The van der Waals surface area contributed by atoms with E-state index in [0.29, 0.717) is 6.61 Å². The van der Waals surface area contributed by atoms with E-state index in [0.717, 1.165) is 38.2 Å². The van der Waals surface area contributed by atoms with E-state index >= 15 is 0 Å². The van der Waals surface area contributed by atoms with Crippen LogP contribution in [0.1, 0.15) is 43.4 Å². The van der Waals surface area contributed by atoms with Crippen molar-refractivity contribution in [3.8, 4) is 5.75 Å². The first-order valence-electron chi connectivity index (χ1n) is 6.90. The molecule has 3 heteroatoms. The molecular weight excluding hydrogens is 226 g/mol. The van der Waals surface area contributed by atoms with Gasteiger partial charge in [-0.15, -0.1) is 0 Å². The van der Waals surface area contributed by atoms with Crippen LogP contribution in [0, 0.1) is 0 Å². The van der Waals surface area contributed by atoms with E-state index in [1.165, 1.54) is 17.5 Å².